The normalized spacial score (nSPS) is 13.8. The third kappa shape index (κ3) is 4.26. The van der Waals surface area contributed by atoms with Gasteiger partial charge in [0.2, 0.25) is 17.5 Å². The Balaban J connectivity index is 1.28. The standard InChI is InChI=1S/C25H22N4O4/c1-17(30)28-10-12-29(13-11-28)25-22(15-26)27-24(33-25)23-9-8-21(32-23)16-31-20-7-6-18-4-2-3-5-19(18)14-20/h2-9,14H,10-13,16H2,1H3. The van der Waals surface area contributed by atoms with E-state index in [2.05, 4.69) is 17.1 Å². The summed E-state index contributed by atoms with van der Waals surface area (Å²) in [5, 5.41) is 11.8. The van der Waals surface area contributed by atoms with Crippen LogP contribution in [0, 0.1) is 11.3 Å². The molecule has 8 nitrogen and oxygen atoms in total. The molecule has 166 valence electrons. The van der Waals surface area contributed by atoms with Crippen molar-refractivity contribution in [2.24, 2.45) is 0 Å². The second-order valence-electron chi connectivity index (χ2n) is 7.84. The van der Waals surface area contributed by atoms with Crippen LogP contribution < -0.4 is 9.64 Å². The Morgan fingerprint density at radius 3 is 2.61 bits per heavy atom. The molecule has 3 heterocycles. The zero-order valence-electron chi connectivity index (χ0n) is 18.2. The van der Waals surface area contributed by atoms with E-state index in [1.807, 2.05) is 41.3 Å². The quantitative estimate of drug-likeness (QED) is 0.457. The van der Waals surface area contributed by atoms with Crippen LogP contribution in [0.4, 0.5) is 5.88 Å². The van der Waals surface area contributed by atoms with Crippen molar-refractivity contribution < 1.29 is 18.4 Å². The minimum atomic E-state index is 0.0439. The first kappa shape index (κ1) is 20.6. The lowest BCUT2D eigenvalue weighted by Gasteiger charge is -2.33. The molecule has 0 atom stereocenters. The van der Waals surface area contributed by atoms with Gasteiger partial charge in [-0.2, -0.15) is 10.2 Å². The van der Waals surface area contributed by atoms with E-state index in [1.54, 1.807) is 24.0 Å². The highest BCUT2D eigenvalue weighted by Gasteiger charge is 2.26. The van der Waals surface area contributed by atoms with Crippen LogP contribution in [-0.2, 0) is 11.4 Å². The van der Waals surface area contributed by atoms with Crippen LogP contribution in [0.3, 0.4) is 0 Å². The van der Waals surface area contributed by atoms with Crippen LogP contribution in [0.5, 0.6) is 5.75 Å². The Morgan fingerprint density at radius 1 is 1.06 bits per heavy atom. The fourth-order valence-electron chi connectivity index (χ4n) is 3.91. The molecule has 8 heteroatoms. The molecule has 0 bridgehead atoms. The van der Waals surface area contributed by atoms with Gasteiger partial charge in [-0.25, -0.2) is 0 Å². The predicted molar refractivity (Wildman–Crippen MR) is 122 cm³/mol. The maximum atomic E-state index is 11.6. The topological polar surface area (TPSA) is 95.7 Å². The first-order valence-corrected chi connectivity index (χ1v) is 10.7. The molecule has 1 aliphatic rings. The number of nitrogens with zero attached hydrogens (tertiary/aromatic N) is 4. The maximum absolute atomic E-state index is 11.6. The summed E-state index contributed by atoms with van der Waals surface area (Å²) in [5.74, 6) is 2.49. The fraction of sp³-hybridized carbons (Fsp3) is 0.240. The molecule has 0 spiro atoms. The molecule has 2 aromatic heterocycles. The molecule has 0 unspecified atom stereocenters. The molecule has 1 saturated heterocycles. The second kappa shape index (κ2) is 8.71. The molecule has 33 heavy (non-hydrogen) atoms. The maximum Gasteiger partial charge on any atom is 0.266 e. The van der Waals surface area contributed by atoms with Gasteiger partial charge in [0.15, 0.2) is 5.76 Å². The van der Waals surface area contributed by atoms with E-state index in [0.29, 0.717) is 43.6 Å². The third-order valence-electron chi connectivity index (χ3n) is 5.70. The van der Waals surface area contributed by atoms with Crippen molar-refractivity contribution in [3.8, 4) is 23.5 Å². The number of benzene rings is 2. The van der Waals surface area contributed by atoms with Gasteiger partial charge in [0, 0.05) is 33.1 Å². The average Bonchev–Trinajstić information content (AvgIpc) is 3.50. The number of fused-ring (bicyclic) bond motifs is 1. The number of hydrogen-bond acceptors (Lipinski definition) is 7. The van der Waals surface area contributed by atoms with Crippen LogP contribution in [0.15, 0.2) is 63.4 Å². The van der Waals surface area contributed by atoms with Crippen molar-refractivity contribution in [1.82, 2.24) is 9.88 Å². The van der Waals surface area contributed by atoms with Gasteiger partial charge in [-0.1, -0.05) is 30.3 Å². The first-order chi connectivity index (χ1) is 16.1. The van der Waals surface area contributed by atoms with Gasteiger partial charge in [-0.15, -0.1) is 0 Å². The summed E-state index contributed by atoms with van der Waals surface area (Å²) in [6.45, 7) is 4.11. The number of piperazine rings is 1. The molecular formula is C25H22N4O4. The smallest absolute Gasteiger partial charge is 0.266 e. The fourth-order valence-corrected chi connectivity index (χ4v) is 3.91. The summed E-state index contributed by atoms with van der Waals surface area (Å²) in [7, 11) is 0. The summed E-state index contributed by atoms with van der Waals surface area (Å²) < 4.78 is 17.7. The summed E-state index contributed by atoms with van der Waals surface area (Å²) in [6.07, 6.45) is 0. The summed E-state index contributed by atoms with van der Waals surface area (Å²) in [4.78, 5) is 19.6. The van der Waals surface area contributed by atoms with E-state index in [-0.39, 0.29) is 24.1 Å². The van der Waals surface area contributed by atoms with E-state index in [1.165, 1.54) is 0 Å². The van der Waals surface area contributed by atoms with Crippen LogP contribution in [0.25, 0.3) is 22.4 Å². The molecule has 5 rings (SSSR count). The van der Waals surface area contributed by atoms with Crippen LogP contribution in [-0.4, -0.2) is 42.0 Å². The molecule has 0 saturated carbocycles. The molecule has 1 fully saturated rings. The van der Waals surface area contributed by atoms with Crippen molar-refractivity contribution in [1.29, 1.82) is 5.26 Å². The lowest BCUT2D eigenvalue weighted by Crippen LogP contribution is -2.48. The Kier molecular flexibility index (Phi) is 5.45. The molecule has 0 N–H and O–H groups in total. The van der Waals surface area contributed by atoms with Crippen LogP contribution in [0.1, 0.15) is 18.4 Å². The number of oxazole rings is 1. The van der Waals surface area contributed by atoms with E-state index >= 15 is 0 Å². The largest absolute Gasteiger partial charge is 0.486 e. The third-order valence-corrected chi connectivity index (χ3v) is 5.70. The minimum absolute atomic E-state index is 0.0439. The van der Waals surface area contributed by atoms with Crippen LogP contribution >= 0.6 is 0 Å². The van der Waals surface area contributed by atoms with E-state index in [0.717, 1.165) is 16.5 Å². The van der Waals surface area contributed by atoms with Crippen molar-refractivity contribution in [2.45, 2.75) is 13.5 Å². The van der Waals surface area contributed by atoms with Gasteiger partial charge in [0.25, 0.3) is 5.89 Å². The Bertz CT molecular complexity index is 1340. The molecule has 0 aliphatic carbocycles. The molecule has 1 amide bonds. The number of carbonyl (C=O) groups is 1. The highest BCUT2D eigenvalue weighted by molar-refractivity contribution is 5.83. The Morgan fingerprint density at radius 2 is 1.85 bits per heavy atom. The number of furan rings is 1. The van der Waals surface area contributed by atoms with Gasteiger partial charge in [-0.3, -0.25) is 4.79 Å². The van der Waals surface area contributed by atoms with Crippen molar-refractivity contribution in [3.05, 3.63) is 66.1 Å². The van der Waals surface area contributed by atoms with Gasteiger partial charge in [0.05, 0.1) is 0 Å². The summed E-state index contributed by atoms with van der Waals surface area (Å²) in [6, 6.07) is 19.7. The minimum Gasteiger partial charge on any atom is -0.486 e. The molecule has 1 aliphatic heterocycles. The SMILES string of the molecule is CC(=O)N1CCN(c2oc(-c3ccc(COc4ccc5ccccc5c4)o3)nc2C#N)CC1. The highest BCUT2D eigenvalue weighted by atomic mass is 16.5. The highest BCUT2D eigenvalue weighted by Crippen LogP contribution is 2.30. The van der Waals surface area contributed by atoms with E-state index in [4.69, 9.17) is 13.6 Å². The zero-order chi connectivity index (χ0) is 22.8. The Hall–Kier alpha value is -4.25. The van der Waals surface area contributed by atoms with Gasteiger partial charge in [-0.05, 0) is 35.0 Å². The lowest BCUT2D eigenvalue weighted by atomic mass is 10.1. The number of ether oxygens (including phenoxy) is 1. The lowest BCUT2D eigenvalue weighted by molar-refractivity contribution is -0.129. The number of aromatic nitrogens is 1. The summed E-state index contributed by atoms with van der Waals surface area (Å²) in [5.41, 5.74) is 0.201. The van der Waals surface area contributed by atoms with Crippen molar-refractivity contribution >= 4 is 22.6 Å². The summed E-state index contributed by atoms with van der Waals surface area (Å²) >= 11 is 0. The van der Waals surface area contributed by atoms with Gasteiger partial charge < -0.3 is 23.4 Å². The average molecular weight is 442 g/mol. The molecule has 0 radical (unpaired) electrons. The first-order valence-electron chi connectivity index (χ1n) is 10.7. The Labute approximate surface area is 190 Å². The van der Waals surface area contributed by atoms with Gasteiger partial charge in [0.1, 0.15) is 24.2 Å². The number of carbonyl (C=O) groups excluding carboxylic acids is 1. The number of rotatable bonds is 5. The molecule has 2 aromatic carbocycles. The van der Waals surface area contributed by atoms with E-state index in [9.17, 15) is 10.1 Å². The number of amides is 1. The van der Waals surface area contributed by atoms with Gasteiger partial charge >= 0.3 is 0 Å². The monoisotopic (exact) mass is 442 g/mol. The van der Waals surface area contributed by atoms with Crippen molar-refractivity contribution in [3.63, 3.8) is 0 Å². The predicted octanol–water partition coefficient (Wildman–Crippen LogP) is 4.21. The van der Waals surface area contributed by atoms with E-state index < -0.39 is 0 Å². The second-order valence-corrected chi connectivity index (χ2v) is 7.84. The molecular weight excluding hydrogens is 420 g/mol. The number of hydrogen-bond donors (Lipinski definition) is 0. The zero-order valence-corrected chi connectivity index (χ0v) is 18.2. The van der Waals surface area contributed by atoms with Crippen molar-refractivity contribution in [2.75, 3.05) is 31.1 Å². The van der Waals surface area contributed by atoms with Crippen LogP contribution in [0.2, 0.25) is 0 Å². The number of anilines is 1. The molecule has 4 aromatic rings. The number of nitriles is 1.